The van der Waals surface area contributed by atoms with Gasteiger partial charge in [0.2, 0.25) is 5.91 Å². The van der Waals surface area contributed by atoms with E-state index in [1.165, 1.54) is 32.1 Å². The van der Waals surface area contributed by atoms with Crippen molar-refractivity contribution in [2.45, 2.75) is 109 Å². The van der Waals surface area contributed by atoms with E-state index in [0.717, 1.165) is 61.9 Å². The number of ether oxygens (including phenoxy) is 1. The van der Waals surface area contributed by atoms with E-state index in [2.05, 4.69) is 50.1 Å². The van der Waals surface area contributed by atoms with Gasteiger partial charge in [0.1, 0.15) is 11.9 Å². The van der Waals surface area contributed by atoms with Gasteiger partial charge < -0.3 is 20.2 Å². The summed E-state index contributed by atoms with van der Waals surface area (Å²) in [5.41, 5.74) is 2.00. The number of anilines is 1. The minimum Gasteiger partial charge on any atom is -0.444 e. The molecule has 5 atom stereocenters. The number of likely N-dealkylation sites (N-methyl/N-ethyl adjacent to an activating group) is 1. The van der Waals surface area contributed by atoms with Crippen LogP contribution < -0.4 is 10.6 Å². The minimum atomic E-state index is -0.473. The fourth-order valence-electron chi connectivity index (χ4n) is 6.08. The molecule has 3 rings (SSSR count). The molecule has 2 aliphatic rings. The van der Waals surface area contributed by atoms with E-state index in [1.54, 1.807) is 6.08 Å². The number of hydrogen-bond donors (Lipinski definition) is 2. The van der Waals surface area contributed by atoms with E-state index in [0.29, 0.717) is 11.8 Å². The Morgan fingerprint density at radius 3 is 2.47 bits per heavy atom. The van der Waals surface area contributed by atoms with E-state index < -0.39 is 11.7 Å². The maximum atomic E-state index is 13.0. The van der Waals surface area contributed by atoms with Crippen molar-refractivity contribution in [1.82, 2.24) is 10.2 Å². The summed E-state index contributed by atoms with van der Waals surface area (Å²) in [7, 11) is 4.66. The van der Waals surface area contributed by atoms with Crippen LogP contribution in [-0.4, -0.2) is 60.9 Å². The third-order valence-electron chi connectivity index (χ3n) is 8.41. The Balaban J connectivity index is 0.000000320. The molecular formula is C34H55N4O4P. The van der Waals surface area contributed by atoms with E-state index in [9.17, 15) is 14.4 Å². The first-order valence-corrected chi connectivity index (χ1v) is 16.5. The molecule has 2 fully saturated rings. The molecule has 9 heteroatoms. The lowest BCUT2D eigenvalue weighted by atomic mass is 9.76. The van der Waals surface area contributed by atoms with Crippen molar-refractivity contribution in [3.63, 3.8) is 0 Å². The zero-order valence-electron chi connectivity index (χ0n) is 27.1. The van der Waals surface area contributed by atoms with Crippen LogP contribution in [0.25, 0.3) is 6.08 Å². The second-order valence-electron chi connectivity index (χ2n) is 12.9. The largest absolute Gasteiger partial charge is 0.444 e. The third kappa shape index (κ3) is 12.5. The molecule has 0 aromatic heterocycles. The lowest BCUT2D eigenvalue weighted by Gasteiger charge is -2.32. The second kappa shape index (κ2) is 18.3. The average Bonchev–Trinajstić information content (AvgIpc) is 3.36. The predicted octanol–water partition coefficient (Wildman–Crippen LogP) is 7.61. The minimum absolute atomic E-state index is 0.0102. The third-order valence-corrected chi connectivity index (χ3v) is 8.91. The van der Waals surface area contributed by atoms with Crippen LogP contribution in [0.1, 0.15) is 97.5 Å². The van der Waals surface area contributed by atoms with Crippen LogP contribution in [0, 0.1) is 17.8 Å². The fourth-order valence-corrected chi connectivity index (χ4v) is 6.45. The summed E-state index contributed by atoms with van der Waals surface area (Å²) < 4.78 is 5.16. The number of carbonyl (C=O) groups is 3. The molecule has 5 unspecified atom stereocenters. The highest BCUT2D eigenvalue weighted by Gasteiger charge is 2.41. The van der Waals surface area contributed by atoms with Gasteiger partial charge in [-0.1, -0.05) is 58.1 Å². The molecule has 1 aromatic carbocycles. The molecule has 8 nitrogen and oxygen atoms in total. The molecule has 1 aliphatic carbocycles. The van der Waals surface area contributed by atoms with Crippen molar-refractivity contribution in [3.8, 4) is 0 Å². The molecule has 43 heavy (non-hydrogen) atoms. The Morgan fingerprint density at radius 2 is 1.88 bits per heavy atom. The van der Waals surface area contributed by atoms with Crippen LogP contribution >= 0.6 is 9.24 Å². The van der Waals surface area contributed by atoms with Crippen molar-refractivity contribution in [2.24, 2.45) is 22.7 Å². The van der Waals surface area contributed by atoms with Gasteiger partial charge in [0.15, 0.2) is 0 Å². The highest BCUT2D eigenvalue weighted by atomic mass is 31.0. The maximum Gasteiger partial charge on any atom is 0.408 e. The summed E-state index contributed by atoms with van der Waals surface area (Å²) in [5, 5.41) is 5.88. The molecular weight excluding hydrogens is 559 g/mol. The van der Waals surface area contributed by atoms with E-state index in [-0.39, 0.29) is 23.6 Å². The zero-order valence-corrected chi connectivity index (χ0v) is 28.2. The van der Waals surface area contributed by atoms with Gasteiger partial charge in [0.05, 0.1) is 11.7 Å². The van der Waals surface area contributed by atoms with Gasteiger partial charge in [-0.2, -0.15) is 0 Å². The van der Waals surface area contributed by atoms with Crippen molar-refractivity contribution in [1.29, 1.82) is 0 Å². The summed E-state index contributed by atoms with van der Waals surface area (Å²) in [6.07, 6.45) is 13.5. The molecule has 1 heterocycles. The van der Waals surface area contributed by atoms with Gasteiger partial charge in [0.25, 0.3) is 0 Å². The van der Waals surface area contributed by atoms with Gasteiger partial charge >= 0.3 is 6.09 Å². The molecule has 0 spiro atoms. The van der Waals surface area contributed by atoms with E-state index in [1.807, 2.05) is 45.9 Å². The number of alkyl carbamates (subject to hydrolysis) is 1. The summed E-state index contributed by atoms with van der Waals surface area (Å²) in [6.45, 7) is 15.9. The standard InChI is InChI=1S/C21H29N3O.C13H26NO3P/c1-4-15-14-17(10-11-19(15)22-2)23-21(25)20-18(12-13-24(20)3)16-8-6-5-7-9-16;1-5-10(9-15)7-6-8-11(18)14-12(16)17-13(2,3)4/h4,10-11,14,16,18,20H,1-2,5-9,12-13H2,3H3,(H,23,25);9-11H,5-8,18H2,1-4H3,(H,14,16). The van der Waals surface area contributed by atoms with Crippen LogP contribution in [0.3, 0.4) is 0 Å². The molecule has 2 N–H and O–H groups in total. The number of hydrogen-bond acceptors (Lipinski definition) is 6. The first-order chi connectivity index (χ1) is 20.4. The summed E-state index contributed by atoms with van der Waals surface area (Å²) in [4.78, 5) is 41.4. The van der Waals surface area contributed by atoms with Crippen molar-refractivity contribution in [2.75, 3.05) is 18.9 Å². The lowest BCUT2D eigenvalue weighted by Crippen LogP contribution is -2.43. The highest BCUT2D eigenvalue weighted by Crippen LogP contribution is 2.38. The first-order valence-electron chi connectivity index (χ1n) is 15.9. The molecule has 1 aliphatic heterocycles. The number of amides is 2. The number of aldehydes is 1. The van der Waals surface area contributed by atoms with Crippen molar-refractivity contribution >= 4 is 51.7 Å². The van der Waals surface area contributed by atoms with Crippen LogP contribution in [0.5, 0.6) is 0 Å². The van der Waals surface area contributed by atoms with E-state index >= 15 is 0 Å². The number of nitrogens with one attached hydrogen (secondary N) is 2. The van der Waals surface area contributed by atoms with Crippen molar-refractivity contribution < 1.29 is 19.1 Å². The quantitative estimate of drug-likeness (QED) is 0.143. The Hall–Kier alpha value is -2.57. The molecule has 240 valence electrons. The Kier molecular flexibility index (Phi) is 15.6. The predicted molar refractivity (Wildman–Crippen MR) is 182 cm³/mol. The molecule has 1 saturated carbocycles. The van der Waals surface area contributed by atoms with Crippen LogP contribution in [0.4, 0.5) is 16.2 Å². The first kappa shape index (κ1) is 36.6. The number of likely N-dealkylation sites (tertiary alicyclic amines) is 1. The van der Waals surface area contributed by atoms with Gasteiger partial charge in [-0.15, -0.1) is 9.24 Å². The Labute approximate surface area is 262 Å². The molecule has 0 radical (unpaired) electrons. The van der Waals surface area contributed by atoms with Gasteiger partial charge in [-0.3, -0.25) is 14.7 Å². The number of aliphatic imine (C=N–C) groups is 1. The number of nitrogens with zero attached hydrogens (tertiary/aromatic N) is 2. The second-order valence-corrected chi connectivity index (χ2v) is 13.7. The normalized spacial score (nSPS) is 20.6. The topological polar surface area (TPSA) is 100 Å². The van der Waals surface area contributed by atoms with Crippen molar-refractivity contribution in [3.05, 3.63) is 30.3 Å². The molecule has 1 saturated heterocycles. The van der Waals surface area contributed by atoms with Gasteiger partial charge in [-0.05, 0) is 96.8 Å². The van der Waals surface area contributed by atoms with Crippen LogP contribution in [0.2, 0.25) is 0 Å². The van der Waals surface area contributed by atoms with Gasteiger partial charge in [0, 0.05) is 23.0 Å². The highest BCUT2D eigenvalue weighted by molar-refractivity contribution is 7.17. The number of benzene rings is 1. The summed E-state index contributed by atoms with van der Waals surface area (Å²) in [6, 6.07) is 5.66. The number of carbonyl (C=O) groups excluding carboxylic acids is 3. The summed E-state index contributed by atoms with van der Waals surface area (Å²) in [5.74, 6) is 1.43. The Morgan fingerprint density at radius 1 is 1.19 bits per heavy atom. The molecule has 2 amide bonds. The maximum absolute atomic E-state index is 13.0. The average molecular weight is 615 g/mol. The fraction of sp³-hybridized carbons (Fsp3) is 0.647. The van der Waals surface area contributed by atoms with E-state index in [4.69, 9.17) is 4.74 Å². The van der Waals surface area contributed by atoms with Crippen LogP contribution in [0.15, 0.2) is 29.8 Å². The van der Waals surface area contributed by atoms with Crippen LogP contribution in [-0.2, 0) is 14.3 Å². The monoisotopic (exact) mass is 614 g/mol. The summed E-state index contributed by atoms with van der Waals surface area (Å²) >= 11 is 0. The SMILES string of the molecule is C=Cc1cc(NC(=O)C2C(C3CCCCC3)CCN2C)ccc1N=C.CCC(C=O)CCCC(P)NC(=O)OC(C)(C)C. The number of rotatable bonds is 12. The zero-order chi connectivity index (χ0) is 32.0. The molecule has 1 aromatic rings. The Bertz CT molecular complexity index is 1070. The molecule has 0 bridgehead atoms. The lowest BCUT2D eigenvalue weighted by molar-refractivity contribution is -0.121. The van der Waals surface area contributed by atoms with Gasteiger partial charge in [-0.25, -0.2) is 4.79 Å². The smallest absolute Gasteiger partial charge is 0.408 e.